The number of aromatic nitrogens is 3. The summed E-state index contributed by atoms with van der Waals surface area (Å²) in [7, 11) is 0. The van der Waals surface area contributed by atoms with Crippen molar-refractivity contribution < 1.29 is 9.18 Å². The van der Waals surface area contributed by atoms with Crippen molar-refractivity contribution >= 4 is 23.0 Å². The van der Waals surface area contributed by atoms with Crippen molar-refractivity contribution in [1.29, 1.82) is 0 Å². The van der Waals surface area contributed by atoms with E-state index in [1.54, 1.807) is 33.9 Å². The Bertz CT molecular complexity index is 1380. The molecule has 3 heterocycles. The minimum atomic E-state index is -0.308. The van der Waals surface area contributed by atoms with E-state index < -0.39 is 0 Å². The molecule has 5 rings (SSSR count). The van der Waals surface area contributed by atoms with Crippen molar-refractivity contribution in [2.24, 2.45) is 0 Å². The summed E-state index contributed by atoms with van der Waals surface area (Å²) in [5.41, 5.74) is 2.82. The first-order valence-electron chi connectivity index (χ1n) is 11.5. The predicted octanol–water partition coefficient (Wildman–Crippen LogP) is 3.01. The minimum absolute atomic E-state index is 0.189. The maximum Gasteiger partial charge on any atom is 0.317 e. The van der Waals surface area contributed by atoms with E-state index in [2.05, 4.69) is 15.3 Å². The van der Waals surface area contributed by atoms with Crippen LogP contribution in [0.2, 0.25) is 0 Å². The Morgan fingerprint density at radius 1 is 0.914 bits per heavy atom. The summed E-state index contributed by atoms with van der Waals surface area (Å²) in [5, 5.41) is 2.87. The molecule has 1 aliphatic heterocycles. The van der Waals surface area contributed by atoms with Crippen molar-refractivity contribution in [3.63, 3.8) is 0 Å². The number of pyridine rings is 1. The van der Waals surface area contributed by atoms with Crippen LogP contribution >= 0.6 is 0 Å². The summed E-state index contributed by atoms with van der Waals surface area (Å²) in [5.74, 6) is 0.0601. The number of carbonyl (C=O) groups is 1. The summed E-state index contributed by atoms with van der Waals surface area (Å²) < 4.78 is 14.7. The van der Waals surface area contributed by atoms with Crippen LogP contribution in [0.3, 0.4) is 0 Å². The lowest BCUT2D eigenvalue weighted by Crippen LogP contribution is -2.53. The Morgan fingerprint density at radius 2 is 1.66 bits per heavy atom. The summed E-state index contributed by atoms with van der Waals surface area (Å²) >= 11 is 0. The number of piperazine rings is 1. The molecular formula is C26H25FN6O2. The van der Waals surface area contributed by atoms with Gasteiger partial charge in [-0.1, -0.05) is 42.5 Å². The fraction of sp³-hybridized carbons (Fsp3) is 0.231. The topological polar surface area (TPSA) is 83.4 Å². The number of carbonyl (C=O) groups excluding carboxylic acids is 1. The fourth-order valence-corrected chi connectivity index (χ4v) is 4.19. The molecule has 2 aromatic heterocycles. The van der Waals surface area contributed by atoms with Crippen LogP contribution in [0, 0.1) is 5.82 Å². The van der Waals surface area contributed by atoms with Gasteiger partial charge in [0.15, 0.2) is 11.5 Å². The Balaban J connectivity index is 1.30. The quantitative estimate of drug-likeness (QED) is 0.483. The van der Waals surface area contributed by atoms with E-state index in [-0.39, 0.29) is 17.4 Å². The Kier molecular flexibility index (Phi) is 6.38. The zero-order valence-electron chi connectivity index (χ0n) is 19.1. The SMILES string of the molecule is O=C(NCc1ccc(F)cc1)N1CCN(c2nc3cccnc3n(Cc3ccccc3)c2=O)CC1. The average Bonchev–Trinajstić information content (AvgIpc) is 2.90. The smallest absolute Gasteiger partial charge is 0.317 e. The van der Waals surface area contributed by atoms with Gasteiger partial charge in [0, 0.05) is 38.9 Å². The maximum absolute atomic E-state index is 13.5. The molecule has 9 heteroatoms. The van der Waals surface area contributed by atoms with Crippen molar-refractivity contribution in [3.05, 3.63) is 100 Å². The number of nitrogens with zero attached hydrogens (tertiary/aromatic N) is 5. The summed E-state index contributed by atoms with van der Waals surface area (Å²) in [4.78, 5) is 38.8. The number of amides is 2. The first-order valence-corrected chi connectivity index (χ1v) is 11.5. The molecule has 0 saturated carbocycles. The van der Waals surface area contributed by atoms with Gasteiger partial charge in [-0.15, -0.1) is 0 Å². The highest BCUT2D eigenvalue weighted by atomic mass is 19.1. The number of hydrogen-bond donors (Lipinski definition) is 1. The highest BCUT2D eigenvalue weighted by Crippen LogP contribution is 2.16. The lowest BCUT2D eigenvalue weighted by Gasteiger charge is -2.35. The van der Waals surface area contributed by atoms with Gasteiger partial charge in [0.05, 0.1) is 6.54 Å². The van der Waals surface area contributed by atoms with Gasteiger partial charge in [0.25, 0.3) is 5.56 Å². The summed E-state index contributed by atoms with van der Waals surface area (Å²) in [6.07, 6.45) is 1.66. The van der Waals surface area contributed by atoms with Crippen LogP contribution in [0.4, 0.5) is 15.0 Å². The van der Waals surface area contributed by atoms with Gasteiger partial charge in [0.1, 0.15) is 11.3 Å². The Hall–Kier alpha value is -4.27. The molecule has 2 aromatic carbocycles. The molecule has 0 bridgehead atoms. The molecule has 178 valence electrons. The molecule has 4 aromatic rings. The number of halogens is 1. The van der Waals surface area contributed by atoms with Gasteiger partial charge in [-0.2, -0.15) is 0 Å². The van der Waals surface area contributed by atoms with Crippen molar-refractivity contribution in [3.8, 4) is 0 Å². The van der Waals surface area contributed by atoms with Crippen LogP contribution in [0.5, 0.6) is 0 Å². The summed E-state index contributed by atoms with van der Waals surface area (Å²) in [6.45, 7) is 2.62. The molecule has 1 aliphatic rings. The van der Waals surface area contributed by atoms with Gasteiger partial charge in [-0.05, 0) is 35.4 Å². The molecule has 0 unspecified atom stereocenters. The van der Waals surface area contributed by atoms with E-state index in [4.69, 9.17) is 0 Å². The lowest BCUT2D eigenvalue weighted by molar-refractivity contribution is 0.193. The number of fused-ring (bicyclic) bond motifs is 1. The second-order valence-electron chi connectivity index (χ2n) is 8.42. The van der Waals surface area contributed by atoms with Gasteiger partial charge < -0.3 is 15.1 Å². The molecule has 0 aliphatic carbocycles. The third-order valence-corrected chi connectivity index (χ3v) is 6.09. The third kappa shape index (κ3) is 4.98. The fourth-order valence-electron chi connectivity index (χ4n) is 4.19. The lowest BCUT2D eigenvalue weighted by atomic mass is 10.2. The average molecular weight is 473 g/mol. The molecular weight excluding hydrogens is 447 g/mol. The van der Waals surface area contributed by atoms with Gasteiger partial charge in [0.2, 0.25) is 0 Å². The Morgan fingerprint density at radius 3 is 2.40 bits per heavy atom. The number of nitrogens with one attached hydrogen (secondary N) is 1. The second-order valence-corrected chi connectivity index (χ2v) is 8.42. The normalized spacial score (nSPS) is 13.7. The minimum Gasteiger partial charge on any atom is -0.348 e. The number of benzene rings is 2. The van der Waals surface area contributed by atoms with Crippen LogP contribution in [-0.2, 0) is 13.1 Å². The molecule has 35 heavy (non-hydrogen) atoms. The number of urea groups is 1. The molecule has 1 saturated heterocycles. The number of anilines is 1. The molecule has 1 N–H and O–H groups in total. The predicted molar refractivity (Wildman–Crippen MR) is 132 cm³/mol. The van der Waals surface area contributed by atoms with E-state index in [9.17, 15) is 14.0 Å². The van der Waals surface area contributed by atoms with E-state index >= 15 is 0 Å². The van der Waals surface area contributed by atoms with Crippen LogP contribution in [0.1, 0.15) is 11.1 Å². The van der Waals surface area contributed by atoms with Crippen molar-refractivity contribution in [2.75, 3.05) is 31.1 Å². The second kappa shape index (κ2) is 9.92. The van der Waals surface area contributed by atoms with Gasteiger partial charge in [-0.3, -0.25) is 9.36 Å². The zero-order valence-corrected chi connectivity index (χ0v) is 19.1. The first kappa shape index (κ1) is 22.5. The maximum atomic E-state index is 13.5. The molecule has 2 amide bonds. The molecule has 0 atom stereocenters. The highest BCUT2D eigenvalue weighted by molar-refractivity contribution is 5.75. The van der Waals surface area contributed by atoms with E-state index in [1.807, 2.05) is 41.3 Å². The highest BCUT2D eigenvalue weighted by Gasteiger charge is 2.25. The van der Waals surface area contributed by atoms with Crippen molar-refractivity contribution in [1.82, 2.24) is 24.8 Å². The van der Waals surface area contributed by atoms with Crippen LogP contribution in [0.15, 0.2) is 77.7 Å². The number of rotatable bonds is 5. The number of hydrogen-bond acceptors (Lipinski definition) is 5. The van der Waals surface area contributed by atoms with Crippen LogP contribution in [0.25, 0.3) is 11.2 Å². The van der Waals surface area contributed by atoms with Gasteiger partial charge >= 0.3 is 6.03 Å². The molecule has 1 fully saturated rings. The molecule has 0 radical (unpaired) electrons. The van der Waals surface area contributed by atoms with Crippen LogP contribution < -0.4 is 15.8 Å². The zero-order chi connectivity index (χ0) is 24.2. The monoisotopic (exact) mass is 472 g/mol. The van der Waals surface area contributed by atoms with Crippen molar-refractivity contribution in [2.45, 2.75) is 13.1 Å². The summed E-state index contributed by atoms with van der Waals surface area (Å²) in [6, 6.07) is 19.3. The van der Waals surface area contributed by atoms with Gasteiger partial charge in [-0.25, -0.2) is 19.2 Å². The Labute approximate surface area is 201 Å². The van der Waals surface area contributed by atoms with E-state index in [1.165, 1.54) is 12.1 Å². The first-order chi connectivity index (χ1) is 17.1. The van der Waals surface area contributed by atoms with E-state index in [0.717, 1.165) is 11.1 Å². The standard InChI is InChI=1S/C26H25FN6O2/c27-21-10-8-19(9-11-21)17-29-26(35)32-15-13-31(14-16-32)24-25(34)33(18-20-5-2-1-3-6-20)23-22(30-24)7-4-12-28-23/h1-12H,13-18H2,(H,29,35). The molecule has 8 nitrogen and oxygen atoms in total. The van der Waals surface area contributed by atoms with E-state index in [0.29, 0.717) is 56.3 Å². The third-order valence-electron chi connectivity index (χ3n) is 6.09. The largest absolute Gasteiger partial charge is 0.348 e. The molecule has 0 spiro atoms. The van der Waals surface area contributed by atoms with Crippen LogP contribution in [-0.4, -0.2) is 51.6 Å².